The van der Waals surface area contributed by atoms with E-state index in [1.165, 1.54) is 6.54 Å². The monoisotopic (exact) mass is 445 g/mol. The molecule has 33 heavy (non-hydrogen) atoms. The van der Waals surface area contributed by atoms with Crippen LogP contribution in [0.15, 0.2) is 42.9 Å². The normalized spacial score (nSPS) is 22.3. The molecular formula is C25H31N7O. The molecule has 1 aromatic carbocycles. The van der Waals surface area contributed by atoms with E-state index in [1.807, 2.05) is 24.3 Å². The average molecular weight is 446 g/mol. The van der Waals surface area contributed by atoms with E-state index in [-0.39, 0.29) is 11.8 Å². The van der Waals surface area contributed by atoms with Gasteiger partial charge in [-0.15, -0.1) is 10.2 Å². The standard InChI is InChI=1S/C25H31N7O/c1-31-10-12-32(13-11-31)17-18-2-4-19(5-3-18)25(33)28-24-15-21-14-20(6-7-22(21)29-30-24)23-16-26-8-9-27-23/h6-9,14-16,18-19H,2-5,10-13,17H2,1H3,(H,28,30,33)/t18-,19-. The molecule has 0 unspecified atom stereocenters. The highest BCUT2D eigenvalue weighted by Gasteiger charge is 2.28. The highest BCUT2D eigenvalue weighted by atomic mass is 16.1. The number of nitrogens with zero attached hydrogens (tertiary/aromatic N) is 6. The number of fused-ring (bicyclic) bond motifs is 1. The first-order valence-electron chi connectivity index (χ1n) is 11.9. The molecule has 2 fully saturated rings. The topological polar surface area (TPSA) is 87.1 Å². The molecule has 8 heteroatoms. The fraction of sp³-hybridized carbons (Fsp3) is 0.480. The maximum atomic E-state index is 12.9. The van der Waals surface area contributed by atoms with Crippen LogP contribution < -0.4 is 5.32 Å². The summed E-state index contributed by atoms with van der Waals surface area (Å²) in [5.74, 6) is 1.32. The minimum absolute atomic E-state index is 0.0529. The van der Waals surface area contributed by atoms with Crippen LogP contribution in [0.2, 0.25) is 0 Å². The van der Waals surface area contributed by atoms with Gasteiger partial charge in [-0.25, -0.2) is 0 Å². The molecule has 3 aromatic rings. The zero-order valence-corrected chi connectivity index (χ0v) is 19.2. The summed E-state index contributed by atoms with van der Waals surface area (Å²) in [6, 6.07) is 7.77. The molecule has 0 atom stereocenters. The van der Waals surface area contributed by atoms with Crippen molar-refractivity contribution in [3.05, 3.63) is 42.9 Å². The molecule has 0 radical (unpaired) electrons. The summed E-state index contributed by atoms with van der Waals surface area (Å²) in [7, 11) is 2.19. The number of likely N-dealkylation sites (N-methyl/N-ethyl adjacent to an activating group) is 1. The third-order valence-corrected chi connectivity index (χ3v) is 7.03. The van der Waals surface area contributed by atoms with E-state index in [9.17, 15) is 4.79 Å². The Morgan fingerprint density at radius 1 is 1.03 bits per heavy atom. The van der Waals surface area contributed by atoms with Crippen molar-refractivity contribution < 1.29 is 4.79 Å². The molecule has 0 bridgehead atoms. The fourth-order valence-electron chi connectivity index (χ4n) is 4.94. The average Bonchev–Trinajstić information content (AvgIpc) is 2.86. The van der Waals surface area contributed by atoms with E-state index < -0.39 is 0 Å². The summed E-state index contributed by atoms with van der Waals surface area (Å²) in [6.07, 6.45) is 9.20. The lowest BCUT2D eigenvalue weighted by atomic mass is 9.81. The second kappa shape index (κ2) is 9.89. The van der Waals surface area contributed by atoms with Gasteiger partial charge in [0.2, 0.25) is 5.91 Å². The van der Waals surface area contributed by atoms with Crippen molar-refractivity contribution in [2.75, 3.05) is 45.1 Å². The maximum absolute atomic E-state index is 12.9. The van der Waals surface area contributed by atoms with Gasteiger partial charge in [0.25, 0.3) is 0 Å². The van der Waals surface area contributed by atoms with Crippen molar-refractivity contribution in [3.63, 3.8) is 0 Å². The predicted octanol–water partition coefficient (Wildman–Crippen LogP) is 3.08. The van der Waals surface area contributed by atoms with Crippen LogP contribution in [-0.4, -0.2) is 75.6 Å². The lowest BCUT2D eigenvalue weighted by Crippen LogP contribution is -2.46. The van der Waals surface area contributed by atoms with Gasteiger partial charge >= 0.3 is 0 Å². The number of hydrogen-bond acceptors (Lipinski definition) is 7. The Morgan fingerprint density at radius 2 is 1.85 bits per heavy atom. The summed E-state index contributed by atoms with van der Waals surface area (Å²) in [5.41, 5.74) is 2.54. The second-order valence-corrected chi connectivity index (χ2v) is 9.40. The smallest absolute Gasteiger partial charge is 0.228 e. The molecule has 3 heterocycles. The first-order chi connectivity index (χ1) is 16.1. The second-order valence-electron chi connectivity index (χ2n) is 9.40. The molecule has 5 rings (SSSR count). The highest BCUT2D eigenvalue weighted by Crippen LogP contribution is 2.30. The van der Waals surface area contributed by atoms with Gasteiger partial charge in [-0.1, -0.05) is 6.07 Å². The number of hydrogen-bond donors (Lipinski definition) is 1. The molecule has 8 nitrogen and oxygen atoms in total. The zero-order valence-electron chi connectivity index (χ0n) is 19.2. The number of anilines is 1. The Labute approximate surface area is 194 Å². The molecule has 0 spiro atoms. The summed E-state index contributed by atoms with van der Waals surface area (Å²) in [6.45, 7) is 5.81. The third kappa shape index (κ3) is 5.34. The number of amides is 1. The van der Waals surface area contributed by atoms with Crippen molar-refractivity contribution in [2.24, 2.45) is 11.8 Å². The molecule has 1 aliphatic carbocycles. The molecule has 2 aliphatic rings. The van der Waals surface area contributed by atoms with Crippen LogP contribution in [0.5, 0.6) is 0 Å². The van der Waals surface area contributed by atoms with Crippen molar-refractivity contribution in [2.45, 2.75) is 25.7 Å². The quantitative estimate of drug-likeness (QED) is 0.646. The van der Waals surface area contributed by atoms with Crippen molar-refractivity contribution in [3.8, 4) is 11.3 Å². The number of aromatic nitrogens is 4. The van der Waals surface area contributed by atoms with E-state index in [4.69, 9.17) is 0 Å². The SMILES string of the molecule is CN1CCN(C[C@H]2CC[C@H](C(=O)Nc3cc4cc(-c5cnccn5)ccc4nn3)CC2)CC1. The Hall–Kier alpha value is -2.97. The van der Waals surface area contributed by atoms with E-state index in [2.05, 4.69) is 42.3 Å². The number of carbonyl (C=O) groups excluding carboxylic acids is 1. The Morgan fingerprint density at radius 3 is 2.61 bits per heavy atom. The van der Waals surface area contributed by atoms with Gasteiger partial charge in [-0.2, -0.15) is 0 Å². The number of carbonyl (C=O) groups is 1. The van der Waals surface area contributed by atoms with Crippen molar-refractivity contribution >= 4 is 22.6 Å². The van der Waals surface area contributed by atoms with Gasteiger partial charge in [0.05, 0.1) is 17.4 Å². The molecule has 2 aromatic heterocycles. The van der Waals surface area contributed by atoms with Crippen LogP contribution in [-0.2, 0) is 4.79 Å². The van der Waals surface area contributed by atoms with Gasteiger partial charge in [0.15, 0.2) is 5.82 Å². The van der Waals surface area contributed by atoms with Gasteiger partial charge in [-0.05, 0) is 56.8 Å². The molecule has 1 N–H and O–H groups in total. The Kier molecular flexibility index (Phi) is 6.55. The molecule has 1 amide bonds. The van der Waals surface area contributed by atoms with E-state index in [0.717, 1.165) is 74.0 Å². The van der Waals surface area contributed by atoms with E-state index >= 15 is 0 Å². The first-order valence-corrected chi connectivity index (χ1v) is 11.9. The lowest BCUT2D eigenvalue weighted by molar-refractivity contribution is -0.121. The Bertz CT molecular complexity index is 1090. The number of rotatable bonds is 5. The van der Waals surface area contributed by atoms with Crippen LogP contribution in [0.25, 0.3) is 22.2 Å². The maximum Gasteiger partial charge on any atom is 0.228 e. The Balaban J connectivity index is 1.18. The van der Waals surface area contributed by atoms with Crippen molar-refractivity contribution in [1.82, 2.24) is 30.0 Å². The summed E-state index contributed by atoms with van der Waals surface area (Å²) in [4.78, 5) is 26.4. The summed E-state index contributed by atoms with van der Waals surface area (Å²) in [5, 5.41) is 12.4. The van der Waals surface area contributed by atoms with Crippen LogP contribution in [0.1, 0.15) is 25.7 Å². The first kappa shape index (κ1) is 21.9. The van der Waals surface area contributed by atoms with Crippen LogP contribution in [0.3, 0.4) is 0 Å². The molecule has 1 saturated heterocycles. The fourth-order valence-corrected chi connectivity index (χ4v) is 4.94. The lowest BCUT2D eigenvalue weighted by Gasteiger charge is -2.36. The zero-order chi connectivity index (χ0) is 22.6. The minimum Gasteiger partial charge on any atom is -0.309 e. The van der Waals surface area contributed by atoms with Gasteiger partial charge in [0.1, 0.15) is 0 Å². The minimum atomic E-state index is 0.0529. The predicted molar refractivity (Wildman–Crippen MR) is 129 cm³/mol. The molecule has 172 valence electrons. The molecule has 1 aliphatic heterocycles. The molecule has 1 saturated carbocycles. The summed E-state index contributed by atoms with van der Waals surface area (Å²) >= 11 is 0. The van der Waals surface area contributed by atoms with Crippen molar-refractivity contribution in [1.29, 1.82) is 0 Å². The number of benzene rings is 1. The van der Waals surface area contributed by atoms with Crippen LogP contribution in [0, 0.1) is 11.8 Å². The van der Waals surface area contributed by atoms with Crippen LogP contribution >= 0.6 is 0 Å². The van der Waals surface area contributed by atoms with Gasteiger partial charge in [0, 0.05) is 62.0 Å². The number of nitrogens with one attached hydrogen (secondary N) is 1. The van der Waals surface area contributed by atoms with Gasteiger partial charge in [-0.3, -0.25) is 14.8 Å². The number of piperazine rings is 1. The van der Waals surface area contributed by atoms with E-state index in [0.29, 0.717) is 11.7 Å². The third-order valence-electron chi connectivity index (χ3n) is 7.03. The largest absolute Gasteiger partial charge is 0.309 e. The summed E-state index contributed by atoms with van der Waals surface area (Å²) < 4.78 is 0. The van der Waals surface area contributed by atoms with Crippen LogP contribution in [0.4, 0.5) is 5.82 Å². The van der Waals surface area contributed by atoms with Gasteiger partial charge < -0.3 is 15.1 Å². The van der Waals surface area contributed by atoms with E-state index in [1.54, 1.807) is 18.6 Å². The molecular weight excluding hydrogens is 414 g/mol. The highest BCUT2D eigenvalue weighted by molar-refractivity contribution is 5.94.